The Labute approximate surface area is 180 Å². The molecule has 0 saturated carbocycles. The van der Waals surface area contributed by atoms with Crippen LogP contribution in [0, 0.1) is 0 Å². The molecule has 0 saturated heterocycles. The number of fused-ring (bicyclic) bond motifs is 2. The fraction of sp³-hybridized carbons (Fsp3) is 0.333. The minimum atomic E-state index is -4.49. The zero-order chi connectivity index (χ0) is 22.8. The third-order valence-corrected chi connectivity index (χ3v) is 5.89. The van der Waals surface area contributed by atoms with Gasteiger partial charge in [0.2, 0.25) is 0 Å². The lowest BCUT2D eigenvalue weighted by molar-refractivity contribution is -0.143. The summed E-state index contributed by atoms with van der Waals surface area (Å²) in [4.78, 5) is 15.0. The second-order valence-corrected chi connectivity index (χ2v) is 7.92. The lowest BCUT2D eigenvalue weighted by Gasteiger charge is -2.27. The number of carbonyl (C=O) groups excluding carboxylic acids is 1. The van der Waals surface area contributed by atoms with E-state index < -0.39 is 11.9 Å². The topological polar surface area (TPSA) is 73.8 Å². The van der Waals surface area contributed by atoms with Crippen LogP contribution >= 0.6 is 0 Å². The molecule has 0 aliphatic carbocycles. The van der Waals surface area contributed by atoms with E-state index in [4.69, 9.17) is 0 Å². The second-order valence-electron chi connectivity index (χ2n) is 7.92. The van der Waals surface area contributed by atoms with Crippen molar-refractivity contribution in [3.63, 3.8) is 0 Å². The summed E-state index contributed by atoms with van der Waals surface area (Å²) in [5, 5.41) is 13.7. The van der Waals surface area contributed by atoms with Crippen LogP contribution in [0.25, 0.3) is 22.3 Å². The molecule has 11 heteroatoms. The van der Waals surface area contributed by atoms with Crippen molar-refractivity contribution >= 4 is 16.8 Å². The van der Waals surface area contributed by atoms with Crippen molar-refractivity contribution in [3.05, 3.63) is 53.0 Å². The van der Waals surface area contributed by atoms with Gasteiger partial charge in [0.05, 0.1) is 35.2 Å². The minimum Gasteiger partial charge on any atom is -0.332 e. The van der Waals surface area contributed by atoms with Gasteiger partial charge in [0, 0.05) is 38.6 Å². The predicted octanol–water partition coefficient (Wildman–Crippen LogP) is 2.92. The van der Waals surface area contributed by atoms with Crippen LogP contribution < -0.4 is 0 Å². The first-order valence-electron chi connectivity index (χ1n) is 10.0. The lowest BCUT2D eigenvalue weighted by Crippen LogP contribution is -2.36. The molecular formula is C21H20F3N7O. The number of para-hydroxylation sites is 1. The van der Waals surface area contributed by atoms with E-state index in [0.29, 0.717) is 29.9 Å². The SMILES string of the molecule is Cn1nc(-c2c3c(nn2C)CN(C(=O)c2cccc4cnn(C)c24)CC3)cc1C(F)(F)F. The van der Waals surface area contributed by atoms with Gasteiger partial charge in [-0.25, -0.2) is 0 Å². The van der Waals surface area contributed by atoms with Gasteiger partial charge in [-0.3, -0.25) is 18.8 Å². The molecule has 1 aromatic carbocycles. The summed E-state index contributed by atoms with van der Waals surface area (Å²) in [5.41, 5.74) is 2.75. The molecule has 0 spiro atoms. The summed E-state index contributed by atoms with van der Waals surface area (Å²) >= 11 is 0. The molecule has 1 amide bonds. The van der Waals surface area contributed by atoms with E-state index in [1.165, 1.54) is 7.05 Å². The monoisotopic (exact) mass is 443 g/mol. The third-order valence-electron chi connectivity index (χ3n) is 5.89. The molecule has 0 bridgehead atoms. The molecule has 0 radical (unpaired) electrons. The summed E-state index contributed by atoms with van der Waals surface area (Å²) in [6, 6.07) is 6.54. The molecular weight excluding hydrogens is 423 g/mol. The Morgan fingerprint density at radius 1 is 1.06 bits per heavy atom. The van der Waals surface area contributed by atoms with Gasteiger partial charge in [-0.1, -0.05) is 12.1 Å². The van der Waals surface area contributed by atoms with Gasteiger partial charge in [-0.15, -0.1) is 0 Å². The van der Waals surface area contributed by atoms with E-state index in [-0.39, 0.29) is 18.1 Å². The number of amides is 1. The Hall–Kier alpha value is -3.63. The Morgan fingerprint density at radius 3 is 2.56 bits per heavy atom. The van der Waals surface area contributed by atoms with Crippen molar-refractivity contribution < 1.29 is 18.0 Å². The van der Waals surface area contributed by atoms with Crippen molar-refractivity contribution in [2.45, 2.75) is 19.1 Å². The van der Waals surface area contributed by atoms with Crippen LogP contribution in [0.2, 0.25) is 0 Å². The molecule has 0 atom stereocenters. The summed E-state index contributed by atoms with van der Waals surface area (Å²) in [7, 11) is 4.74. The van der Waals surface area contributed by atoms with E-state index in [0.717, 1.165) is 27.2 Å². The zero-order valence-corrected chi connectivity index (χ0v) is 17.7. The Morgan fingerprint density at radius 2 is 1.84 bits per heavy atom. The van der Waals surface area contributed by atoms with Crippen molar-refractivity contribution in [3.8, 4) is 11.4 Å². The highest BCUT2D eigenvalue weighted by molar-refractivity contribution is 6.05. The largest absolute Gasteiger partial charge is 0.433 e. The standard InChI is InChI=1S/C21H20F3N7O/c1-28-17(21(22,23)24)9-15(26-28)19-13-7-8-31(11-16(13)27-30(19)3)20(32)14-6-4-5-12-10-25-29(2)18(12)14/h4-6,9-10H,7-8,11H2,1-3H3. The first-order valence-corrected chi connectivity index (χ1v) is 10.0. The van der Waals surface area contributed by atoms with Crippen molar-refractivity contribution in [2.24, 2.45) is 21.1 Å². The molecule has 0 fully saturated rings. The number of alkyl halides is 3. The summed E-state index contributed by atoms with van der Waals surface area (Å²) in [6.07, 6.45) is -2.30. The van der Waals surface area contributed by atoms with Gasteiger partial charge in [0.15, 0.2) is 0 Å². The number of aryl methyl sites for hydroxylation is 3. The maximum absolute atomic E-state index is 13.3. The molecule has 32 heavy (non-hydrogen) atoms. The average Bonchev–Trinajstić information content (AvgIpc) is 3.40. The summed E-state index contributed by atoms with van der Waals surface area (Å²) in [5.74, 6) is -0.130. The van der Waals surface area contributed by atoms with Gasteiger partial charge in [0.25, 0.3) is 5.91 Å². The van der Waals surface area contributed by atoms with E-state index in [1.807, 2.05) is 12.1 Å². The van der Waals surface area contributed by atoms with Gasteiger partial charge < -0.3 is 4.90 Å². The molecule has 1 aliphatic heterocycles. The van der Waals surface area contributed by atoms with E-state index in [2.05, 4.69) is 15.3 Å². The first-order chi connectivity index (χ1) is 15.1. The van der Waals surface area contributed by atoms with Crippen LogP contribution in [-0.4, -0.2) is 46.7 Å². The highest BCUT2D eigenvalue weighted by atomic mass is 19.4. The Balaban J connectivity index is 1.48. The second kappa shape index (κ2) is 6.94. The molecule has 0 N–H and O–H groups in total. The molecule has 0 unspecified atom stereocenters. The fourth-order valence-corrected chi connectivity index (χ4v) is 4.44. The molecule has 166 valence electrons. The average molecular weight is 443 g/mol. The maximum atomic E-state index is 13.3. The van der Waals surface area contributed by atoms with E-state index >= 15 is 0 Å². The van der Waals surface area contributed by atoms with Crippen LogP contribution in [0.1, 0.15) is 27.3 Å². The van der Waals surface area contributed by atoms with Crippen molar-refractivity contribution in [1.29, 1.82) is 0 Å². The first kappa shape index (κ1) is 20.3. The lowest BCUT2D eigenvalue weighted by atomic mass is 10.0. The number of benzene rings is 1. The Kier molecular flexibility index (Phi) is 4.40. The van der Waals surface area contributed by atoms with Gasteiger partial charge >= 0.3 is 6.18 Å². The van der Waals surface area contributed by atoms with E-state index in [1.54, 1.807) is 40.6 Å². The van der Waals surface area contributed by atoms with Crippen LogP contribution in [-0.2, 0) is 40.3 Å². The van der Waals surface area contributed by atoms with Crippen LogP contribution in [0.5, 0.6) is 0 Å². The number of hydrogen-bond acceptors (Lipinski definition) is 4. The molecule has 4 aromatic rings. The number of halogens is 3. The normalized spacial score (nSPS) is 14.2. The zero-order valence-electron chi connectivity index (χ0n) is 17.7. The molecule has 1 aliphatic rings. The minimum absolute atomic E-state index is 0.130. The summed E-state index contributed by atoms with van der Waals surface area (Å²) < 4.78 is 43.7. The third kappa shape index (κ3) is 3.07. The number of carbonyl (C=O) groups is 1. The Bertz CT molecular complexity index is 1360. The van der Waals surface area contributed by atoms with Crippen molar-refractivity contribution in [1.82, 2.24) is 34.2 Å². The number of rotatable bonds is 2. The van der Waals surface area contributed by atoms with Crippen LogP contribution in [0.3, 0.4) is 0 Å². The highest BCUT2D eigenvalue weighted by Gasteiger charge is 2.36. The van der Waals surface area contributed by atoms with Gasteiger partial charge in [0.1, 0.15) is 11.4 Å². The predicted molar refractivity (Wildman–Crippen MR) is 110 cm³/mol. The molecule has 5 rings (SSSR count). The fourth-order valence-electron chi connectivity index (χ4n) is 4.44. The maximum Gasteiger partial charge on any atom is 0.433 e. The molecule has 3 aromatic heterocycles. The van der Waals surface area contributed by atoms with Crippen LogP contribution in [0.4, 0.5) is 13.2 Å². The highest BCUT2D eigenvalue weighted by Crippen LogP contribution is 2.35. The number of nitrogens with zero attached hydrogens (tertiary/aromatic N) is 7. The number of hydrogen-bond donors (Lipinski definition) is 0. The quantitative estimate of drug-likeness (QED) is 0.478. The van der Waals surface area contributed by atoms with Crippen molar-refractivity contribution in [2.75, 3.05) is 6.54 Å². The summed E-state index contributed by atoms with van der Waals surface area (Å²) in [6.45, 7) is 0.701. The molecule has 8 nitrogen and oxygen atoms in total. The smallest absolute Gasteiger partial charge is 0.332 e. The van der Waals surface area contributed by atoms with Gasteiger partial charge in [-0.05, 0) is 18.6 Å². The van der Waals surface area contributed by atoms with E-state index in [9.17, 15) is 18.0 Å². The number of aromatic nitrogens is 6. The molecule has 4 heterocycles. The van der Waals surface area contributed by atoms with Gasteiger partial charge in [-0.2, -0.15) is 28.5 Å². The van der Waals surface area contributed by atoms with Crippen LogP contribution in [0.15, 0.2) is 30.5 Å².